The van der Waals surface area contributed by atoms with E-state index in [1.807, 2.05) is 37.3 Å². The summed E-state index contributed by atoms with van der Waals surface area (Å²) in [5, 5.41) is 1.06. The van der Waals surface area contributed by atoms with Crippen LogP contribution in [0.3, 0.4) is 0 Å². The summed E-state index contributed by atoms with van der Waals surface area (Å²) in [6, 6.07) is 9.62. The standard InChI is InChI=1S/C15H15NO2/c1-10-13(6-8-18-10)15(17)12-5-4-11-3-2-7-16-14(11)9-12/h2-5,7,9-10,13H,6,8H2,1H3. The predicted molar refractivity (Wildman–Crippen MR) is 69.6 cm³/mol. The normalized spacial score (nSPS) is 23.4. The van der Waals surface area contributed by atoms with Crippen molar-refractivity contribution < 1.29 is 9.53 Å². The van der Waals surface area contributed by atoms with E-state index in [0.717, 1.165) is 22.9 Å². The van der Waals surface area contributed by atoms with E-state index in [0.29, 0.717) is 6.61 Å². The third-order valence-electron chi connectivity index (χ3n) is 3.60. The Hall–Kier alpha value is -1.74. The predicted octanol–water partition coefficient (Wildman–Crippen LogP) is 2.84. The van der Waals surface area contributed by atoms with Gasteiger partial charge in [-0.3, -0.25) is 9.78 Å². The molecule has 2 aromatic rings. The summed E-state index contributed by atoms with van der Waals surface area (Å²) in [6.07, 6.45) is 2.59. The summed E-state index contributed by atoms with van der Waals surface area (Å²) in [5.74, 6) is 0.165. The van der Waals surface area contributed by atoms with E-state index < -0.39 is 0 Å². The van der Waals surface area contributed by atoms with Crippen molar-refractivity contribution in [1.82, 2.24) is 4.98 Å². The molecule has 3 rings (SSSR count). The smallest absolute Gasteiger partial charge is 0.168 e. The molecule has 3 heteroatoms. The number of pyridine rings is 1. The van der Waals surface area contributed by atoms with Crippen LogP contribution in [-0.4, -0.2) is 23.5 Å². The third-order valence-corrected chi connectivity index (χ3v) is 3.60. The number of nitrogens with zero attached hydrogens (tertiary/aromatic N) is 1. The first kappa shape index (κ1) is 11.4. The first-order valence-corrected chi connectivity index (χ1v) is 6.26. The topological polar surface area (TPSA) is 39.2 Å². The van der Waals surface area contributed by atoms with Crippen LogP contribution in [0.15, 0.2) is 36.5 Å². The molecule has 1 aromatic carbocycles. The van der Waals surface area contributed by atoms with Crippen molar-refractivity contribution in [3.05, 3.63) is 42.1 Å². The van der Waals surface area contributed by atoms with Gasteiger partial charge in [-0.2, -0.15) is 0 Å². The fourth-order valence-electron chi connectivity index (χ4n) is 2.51. The molecule has 1 saturated heterocycles. The number of carbonyl (C=O) groups is 1. The van der Waals surface area contributed by atoms with Gasteiger partial charge in [0.15, 0.2) is 5.78 Å². The molecule has 92 valence electrons. The second-order valence-corrected chi connectivity index (χ2v) is 4.75. The zero-order valence-electron chi connectivity index (χ0n) is 10.3. The number of aromatic nitrogens is 1. The van der Waals surface area contributed by atoms with Crippen LogP contribution in [-0.2, 0) is 4.74 Å². The summed E-state index contributed by atoms with van der Waals surface area (Å²) < 4.78 is 5.46. The Bertz CT molecular complexity index is 594. The Labute approximate surface area is 106 Å². The van der Waals surface area contributed by atoms with Crippen LogP contribution in [0.25, 0.3) is 10.9 Å². The summed E-state index contributed by atoms with van der Waals surface area (Å²) in [7, 11) is 0. The number of carbonyl (C=O) groups excluding carboxylic acids is 1. The zero-order chi connectivity index (χ0) is 12.5. The molecular formula is C15H15NO2. The molecule has 0 radical (unpaired) electrons. The van der Waals surface area contributed by atoms with Gasteiger partial charge in [-0.1, -0.05) is 18.2 Å². The quantitative estimate of drug-likeness (QED) is 0.759. The van der Waals surface area contributed by atoms with Crippen molar-refractivity contribution in [3.63, 3.8) is 0 Å². The lowest BCUT2D eigenvalue weighted by atomic mass is 9.92. The molecule has 2 unspecified atom stereocenters. The van der Waals surface area contributed by atoms with E-state index in [1.165, 1.54) is 0 Å². The van der Waals surface area contributed by atoms with E-state index in [2.05, 4.69) is 4.98 Å². The fraction of sp³-hybridized carbons (Fsp3) is 0.333. The number of hydrogen-bond acceptors (Lipinski definition) is 3. The van der Waals surface area contributed by atoms with Gasteiger partial charge in [-0.25, -0.2) is 0 Å². The molecule has 1 aromatic heterocycles. The van der Waals surface area contributed by atoms with Gasteiger partial charge in [0.2, 0.25) is 0 Å². The van der Waals surface area contributed by atoms with Gasteiger partial charge in [0.25, 0.3) is 0 Å². The molecule has 1 aliphatic heterocycles. The maximum absolute atomic E-state index is 12.4. The van der Waals surface area contributed by atoms with E-state index in [9.17, 15) is 4.79 Å². The maximum Gasteiger partial charge on any atom is 0.168 e. The third kappa shape index (κ3) is 1.91. The Morgan fingerprint density at radius 1 is 1.39 bits per heavy atom. The second kappa shape index (κ2) is 4.50. The van der Waals surface area contributed by atoms with Gasteiger partial charge >= 0.3 is 0 Å². The molecule has 18 heavy (non-hydrogen) atoms. The van der Waals surface area contributed by atoms with Crippen molar-refractivity contribution in [2.75, 3.05) is 6.61 Å². The Balaban J connectivity index is 1.96. The largest absolute Gasteiger partial charge is 0.378 e. The number of rotatable bonds is 2. The van der Waals surface area contributed by atoms with E-state index in [1.54, 1.807) is 6.20 Å². The summed E-state index contributed by atoms with van der Waals surface area (Å²) >= 11 is 0. The minimum Gasteiger partial charge on any atom is -0.378 e. The van der Waals surface area contributed by atoms with Gasteiger partial charge in [-0.05, 0) is 25.5 Å². The van der Waals surface area contributed by atoms with Gasteiger partial charge < -0.3 is 4.74 Å². The van der Waals surface area contributed by atoms with Crippen LogP contribution in [0.5, 0.6) is 0 Å². The molecular weight excluding hydrogens is 226 g/mol. The Kier molecular flexibility index (Phi) is 2.84. The summed E-state index contributed by atoms with van der Waals surface area (Å²) in [6.45, 7) is 2.65. The first-order chi connectivity index (χ1) is 8.75. The summed E-state index contributed by atoms with van der Waals surface area (Å²) in [4.78, 5) is 16.7. The van der Waals surface area contributed by atoms with Crippen LogP contribution in [0.1, 0.15) is 23.7 Å². The molecule has 0 aliphatic carbocycles. The van der Waals surface area contributed by atoms with E-state index >= 15 is 0 Å². The van der Waals surface area contributed by atoms with Crippen LogP contribution in [0.2, 0.25) is 0 Å². The molecule has 1 aliphatic rings. The molecule has 1 fully saturated rings. The van der Waals surface area contributed by atoms with Crippen LogP contribution in [0.4, 0.5) is 0 Å². The van der Waals surface area contributed by atoms with Gasteiger partial charge in [0.05, 0.1) is 17.5 Å². The number of benzene rings is 1. The minimum absolute atomic E-state index is 0.00818. The molecule has 3 nitrogen and oxygen atoms in total. The molecule has 0 spiro atoms. The van der Waals surface area contributed by atoms with Crippen LogP contribution >= 0.6 is 0 Å². The van der Waals surface area contributed by atoms with Crippen LogP contribution < -0.4 is 0 Å². The lowest BCUT2D eigenvalue weighted by molar-refractivity contribution is 0.0764. The van der Waals surface area contributed by atoms with Crippen molar-refractivity contribution in [1.29, 1.82) is 0 Å². The number of ketones is 1. The van der Waals surface area contributed by atoms with E-state index in [-0.39, 0.29) is 17.8 Å². The van der Waals surface area contributed by atoms with Crippen molar-refractivity contribution in [3.8, 4) is 0 Å². The minimum atomic E-state index is -0.00818. The van der Waals surface area contributed by atoms with Crippen molar-refractivity contribution in [2.24, 2.45) is 5.92 Å². The van der Waals surface area contributed by atoms with Crippen LogP contribution in [0, 0.1) is 5.92 Å². The Morgan fingerprint density at radius 3 is 3.06 bits per heavy atom. The maximum atomic E-state index is 12.4. The van der Waals surface area contributed by atoms with E-state index in [4.69, 9.17) is 4.74 Å². The van der Waals surface area contributed by atoms with Crippen molar-refractivity contribution >= 4 is 16.7 Å². The van der Waals surface area contributed by atoms with Crippen molar-refractivity contribution in [2.45, 2.75) is 19.4 Å². The lowest BCUT2D eigenvalue weighted by Gasteiger charge is -2.12. The number of Topliss-reactive ketones (excluding diaryl/α,β-unsaturated/α-hetero) is 1. The number of ether oxygens (including phenoxy) is 1. The van der Waals surface area contributed by atoms with Gasteiger partial charge in [0.1, 0.15) is 0 Å². The highest BCUT2D eigenvalue weighted by molar-refractivity contribution is 6.01. The average molecular weight is 241 g/mol. The summed E-state index contributed by atoms with van der Waals surface area (Å²) in [5.41, 5.74) is 1.61. The average Bonchev–Trinajstić information content (AvgIpc) is 2.83. The molecule has 0 saturated carbocycles. The second-order valence-electron chi connectivity index (χ2n) is 4.75. The molecule has 2 heterocycles. The highest BCUT2D eigenvalue weighted by Crippen LogP contribution is 2.25. The molecule has 2 atom stereocenters. The Morgan fingerprint density at radius 2 is 2.28 bits per heavy atom. The molecule has 0 amide bonds. The highest BCUT2D eigenvalue weighted by Gasteiger charge is 2.31. The lowest BCUT2D eigenvalue weighted by Crippen LogP contribution is -2.21. The zero-order valence-corrected chi connectivity index (χ0v) is 10.3. The number of hydrogen-bond donors (Lipinski definition) is 0. The molecule has 0 bridgehead atoms. The fourth-order valence-corrected chi connectivity index (χ4v) is 2.51. The SMILES string of the molecule is CC1OCCC1C(=O)c1ccc2cccnc2c1. The first-order valence-electron chi connectivity index (χ1n) is 6.26. The molecule has 0 N–H and O–H groups in total. The highest BCUT2D eigenvalue weighted by atomic mass is 16.5. The number of fused-ring (bicyclic) bond motifs is 1. The van der Waals surface area contributed by atoms with Gasteiger partial charge in [0, 0.05) is 23.8 Å². The monoisotopic (exact) mass is 241 g/mol. The van der Waals surface area contributed by atoms with Gasteiger partial charge in [-0.15, -0.1) is 0 Å².